The predicted octanol–water partition coefficient (Wildman–Crippen LogP) is 1.21. The van der Waals surface area contributed by atoms with Gasteiger partial charge in [-0.25, -0.2) is 4.98 Å². The Morgan fingerprint density at radius 1 is 1.64 bits per heavy atom. The van der Waals surface area contributed by atoms with Crippen LogP contribution in [0.3, 0.4) is 0 Å². The van der Waals surface area contributed by atoms with Crippen LogP contribution in [0.1, 0.15) is 36.9 Å². The van der Waals surface area contributed by atoms with Gasteiger partial charge < -0.3 is 15.1 Å². The van der Waals surface area contributed by atoms with Crippen molar-refractivity contribution in [3.8, 4) is 0 Å². The van der Waals surface area contributed by atoms with E-state index in [9.17, 15) is 0 Å². The highest BCUT2D eigenvalue weighted by atomic mass is 16.3. The van der Waals surface area contributed by atoms with E-state index in [2.05, 4.69) is 15.6 Å². The molecule has 2 rings (SSSR count). The maximum absolute atomic E-state index is 5.44. The molecule has 0 aromatic carbocycles. The summed E-state index contributed by atoms with van der Waals surface area (Å²) < 4.78 is 5.44. The summed E-state index contributed by atoms with van der Waals surface area (Å²) >= 11 is 0. The third kappa shape index (κ3) is 2.13. The van der Waals surface area contributed by atoms with Gasteiger partial charge in [0.1, 0.15) is 6.26 Å². The Kier molecular flexibility index (Phi) is 3.16. The summed E-state index contributed by atoms with van der Waals surface area (Å²) in [5.74, 6) is 0.843. The Balaban J connectivity index is 2.00. The van der Waals surface area contributed by atoms with Crippen LogP contribution in [-0.2, 0) is 6.54 Å². The van der Waals surface area contributed by atoms with Crippen molar-refractivity contribution < 1.29 is 4.42 Å². The Bertz CT molecular complexity index is 279. The third-order valence-corrected chi connectivity index (χ3v) is 2.54. The molecule has 1 unspecified atom stereocenters. The molecule has 2 N–H and O–H groups in total. The van der Waals surface area contributed by atoms with Crippen LogP contribution < -0.4 is 10.6 Å². The van der Waals surface area contributed by atoms with Crippen molar-refractivity contribution in [3.63, 3.8) is 0 Å². The molecule has 1 fully saturated rings. The zero-order valence-electron chi connectivity index (χ0n) is 8.55. The molecule has 1 aromatic heterocycles. The molecule has 1 aromatic rings. The van der Waals surface area contributed by atoms with Crippen molar-refractivity contribution in [1.82, 2.24) is 15.6 Å². The van der Waals surface area contributed by atoms with E-state index in [1.807, 2.05) is 7.05 Å². The van der Waals surface area contributed by atoms with E-state index in [4.69, 9.17) is 4.42 Å². The van der Waals surface area contributed by atoms with Crippen molar-refractivity contribution in [2.75, 3.05) is 13.6 Å². The second-order valence-corrected chi connectivity index (χ2v) is 3.71. The molecule has 0 saturated carbocycles. The van der Waals surface area contributed by atoms with Crippen LogP contribution in [0.2, 0.25) is 0 Å². The standard InChI is InChI=1S/C10H17N3O/c1-11-6-8-7-14-10(13-8)9-4-2-3-5-12-9/h7,9,11-12H,2-6H2,1H3. The van der Waals surface area contributed by atoms with Crippen LogP contribution in [0.15, 0.2) is 10.7 Å². The predicted molar refractivity (Wildman–Crippen MR) is 53.9 cm³/mol. The quantitative estimate of drug-likeness (QED) is 0.761. The molecule has 1 atom stereocenters. The number of oxazole rings is 1. The Labute approximate surface area is 84.1 Å². The first-order chi connectivity index (χ1) is 6.90. The van der Waals surface area contributed by atoms with E-state index in [-0.39, 0.29) is 0 Å². The van der Waals surface area contributed by atoms with Gasteiger partial charge in [0.05, 0.1) is 11.7 Å². The number of piperidine rings is 1. The minimum absolute atomic E-state index is 0.328. The Hall–Kier alpha value is -0.870. The molecular formula is C10H17N3O. The molecule has 0 bridgehead atoms. The SMILES string of the molecule is CNCc1coc(C2CCCCN2)n1. The van der Waals surface area contributed by atoms with Crippen LogP contribution in [0.25, 0.3) is 0 Å². The lowest BCUT2D eigenvalue weighted by atomic mass is 10.1. The van der Waals surface area contributed by atoms with Gasteiger partial charge in [-0.05, 0) is 26.4 Å². The summed E-state index contributed by atoms with van der Waals surface area (Å²) in [5, 5.41) is 6.47. The summed E-state index contributed by atoms with van der Waals surface area (Å²) in [6.07, 6.45) is 5.41. The fourth-order valence-corrected chi connectivity index (χ4v) is 1.81. The minimum Gasteiger partial charge on any atom is -0.447 e. The van der Waals surface area contributed by atoms with E-state index in [1.54, 1.807) is 6.26 Å². The number of nitrogens with zero attached hydrogens (tertiary/aromatic N) is 1. The molecule has 0 amide bonds. The van der Waals surface area contributed by atoms with Gasteiger partial charge in [-0.2, -0.15) is 0 Å². The monoisotopic (exact) mass is 195 g/mol. The second kappa shape index (κ2) is 4.57. The summed E-state index contributed by atoms with van der Waals surface area (Å²) in [6.45, 7) is 1.85. The maximum Gasteiger partial charge on any atom is 0.211 e. The number of hydrogen-bond acceptors (Lipinski definition) is 4. The van der Waals surface area contributed by atoms with Gasteiger partial charge >= 0.3 is 0 Å². The molecule has 0 spiro atoms. The average Bonchev–Trinajstić information content (AvgIpc) is 2.68. The number of nitrogens with one attached hydrogen (secondary N) is 2. The minimum atomic E-state index is 0.328. The Morgan fingerprint density at radius 3 is 3.29 bits per heavy atom. The van der Waals surface area contributed by atoms with E-state index in [0.717, 1.165) is 31.1 Å². The summed E-state index contributed by atoms with van der Waals surface area (Å²) in [7, 11) is 1.91. The van der Waals surface area contributed by atoms with Gasteiger partial charge in [0.15, 0.2) is 0 Å². The summed E-state index contributed by atoms with van der Waals surface area (Å²) in [5.41, 5.74) is 0.981. The van der Waals surface area contributed by atoms with Crippen molar-refractivity contribution in [3.05, 3.63) is 17.8 Å². The molecule has 0 aliphatic carbocycles. The molecule has 2 heterocycles. The van der Waals surface area contributed by atoms with Crippen molar-refractivity contribution in [1.29, 1.82) is 0 Å². The van der Waals surface area contributed by atoms with Crippen LogP contribution in [0.4, 0.5) is 0 Å². The lowest BCUT2D eigenvalue weighted by Gasteiger charge is -2.20. The zero-order chi connectivity index (χ0) is 9.80. The van der Waals surface area contributed by atoms with Gasteiger partial charge in [-0.3, -0.25) is 0 Å². The fourth-order valence-electron chi connectivity index (χ4n) is 1.81. The molecule has 1 aliphatic rings. The van der Waals surface area contributed by atoms with E-state index >= 15 is 0 Å². The number of hydrogen-bond donors (Lipinski definition) is 2. The first-order valence-electron chi connectivity index (χ1n) is 5.22. The highest BCUT2D eigenvalue weighted by molar-refractivity contribution is 5.00. The molecule has 1 aliphatic heterocycles. The highest BCUT2D eigenvalue weighted by Crippen LogP contribution is 2.21. The van der Waals surface area contributed by atoms with Gasteiger partial charge in [0.25, 0.3) is 0 Å². The highest BCUT2D eigenvalue weighted by Gasteiger charge is 2.19. The van der Waals surface area contributed by atoms with Crippen LogP contribution in [0, 0.1) is 0 Å². The lowest BCUT2D eigenvalue weighted by molar-refractivity contribution is 0.338. The maximum atomic E-state index is 5.44. The first-order valence-corrected chi connectivity index (χ1v) is 5.22. The van der Waals surface area contributed by atoms with Gasteiger partial charge in [-0.15, -0.1) is 0 Å². The number of aromatic nitrogens is 1. The lowest BCUT2D eigenvalue weighted by Crippen LogP contribution is -2.27. The van der Waals surface area contributed by atoms with E-state index in [1.165, 1.54) is 12.8 Å². The van der Waals surface area contributed by atoms with Crippen LogP contribution >= 0.6 is 0 Å². The van der Waals surface area contributed by atoms with Crippen molar-refractivity contribution in [2.24, 2.45) is 0 Å². The first kappa shape index (κ1) is 9.68. The van der Waals surface area contributed by atoms with E-state index in [0.29, 0.717) is 6.04 Å². The second-order valence-electron chi connectivity index (χ2n) is 3.71. The normalized spacial score (nSPS) is 22.5. The zero-order valence-corrected chi connectivity index (χ0v) is 8.55. The summed E-state index contributed by atoms with van der Waals surface area (Å²) in [4.78, 5) is 4.43. The van der Waals surface area contributed by atoms with Crippen LogP contribution in [0.5, 0.6) is 0 Å². The molecule has 14 heavy (non-hydrogen) atoms. The average molecular weight is 195 g/mol. The summed E-state index contributed by atoms with van der Waals surface area (Å²) in [6, 6.07) is 0.328. The topological polar surface area (TPSA) is 50.1 Å². The van der Waals surface area contributed by atoms with Crippen molar-refractivity contribution in [2.45, 2.75) is 31.8 Å². The number of rotatable bonds is 3. The van der Waals surface area contributed by atoms with Gasteiger partial charge in [-0.1, -0.05) is 6.42 Å². The smallest absolute Gasteiger partial charge is 0.211 e. The molecule has 78 valence electrons. The van der Waals surface area contributed by atoms with Crippen LogP contribution in [-0.4, -0.2) is 18.6 Å². The molecular weight excluding hydrogens is 178 g/mol. The Morgan fingerprint density at radius 2 is 2.57 bits per heavy atom. The molecule has 4 nitrogen and oxygen atoms in total. The van der Waals surface area contributed by atoms with Crippen molar-refractivity contribution >= 4 is 0 Å². The largest absolute Gasteiger partial charge is 0.447 e. The van der Waals surface area contributed by atoms with Gasteiger partial charge in [0, 0.05) is 6.54 Å². The van der Waals surface area contributed by atoms with E-state index < -0.39 is 0 Å². The molecule has 4 heteroatoms. The fraction of sp³-hybridized carbons (Fsp3) is 0.700. The van der Waals surface area contributed by atoms with Gasteiger partial charge in [0.2, 0.25) is 5.89 Å². The molecule has 0 radical (unpaired) electrons. The third-order valence-electron chi connectivity index (χ3n) is 2.54. The molecule has 1 saturated heterocycles.